The number of rotatable bonds is 7. The van der Waals surface area contributed by atoms with Gasteiger partial charge >= 0.3 is 6.03 Å². The van der Waals surface area contributed by atoms with Crippen LogP contribution in [0.5, 0.6) is 5.75 Å². The Labute approximate surface area is 257 Å². The lowest BCUT2D eigenvalue weighted by Gasteiger charge is -2.38. The van der Waals surface area contributed by atoms with Crippen LogP contribution in [-0.2, 0) is 11.2 Å². The molecule has 43 heavy (non-hydrogen) atoms. The van der Waals surface area contributed by atoms with Crippen LogP contribution in [0.25, 0.3) is 0 Å². The molecule has 2 aromatic rings. The van der Waals surface area contributed by atoms with E-state index >= 15 is 0 Å². The maximum absolute atomic E-state index is 13.3. The molecule has 1 atom stereocenters. The summed E-state index contributed by atoms with van der Waals surface area (Å²) >= 11 is 6.31. The van der Waals surface area contributed by atoms with Gasteiger partial charge in [0.15, 0.2) is 0 Å². The highest BCUT2D eigenvalue weighted by Crippen LogP contribution is 2.28. The third kappa shape index (κ3) is 7.06. The number of carbonyl (C=O) groups is 4. The molecule has 11 heteroatoms. The van der Waals surface area contributed by atoms with E-state index in [2.05, 4.69) is 17.6 Å². The van der Waals surface area contributed by atoms with Gasteiger partial charge < -0.3 is 30.1 Å². The van der Waals surface area contributed by atoms with Gasteiger partial charge in [0.1, 0.15) is 5.75 Å². The second-order valence-corrected chi connectivity index (χ2v) is 11.9. The van der Waals surface area contributed by atoms with Crippen molar-refractivity contribution in [1.82, 2.24) is 20.0 Å². The Morgan fingerprint density at radius 1 is 1.00 bits per heavy atom. The molecule has 0 saturated carbocycles. The van der Waals surface area contributed by atoms with Gasteiger partial charge in [-0.05, 0) is 86.9 Å². The van der Waals surface area contributed by atoms with Crippen LogP contribution in [0.2, 0.25) is 5.02 Å². The summed E-state index contributed by atoms with van der Waals surface area (Å²) in [6.45, 7) is 4.19. The van der Waals surface area contributed by atoms with Gasteiger partial charge in [0.05, 0.1) is 13.7 Å². The Kier molecular flexibility index (Phi) is 9.75. The molecule has 5 rings (SSSR count). The van der Waals surface area contributed by atoms with Crippen LogP contribution >= 0.6 is 11.6 Å². The average molecular weight is 610 g/mol. The monoisotopic (exact) mass is 609 g/mol. The molecule has 2 aromatic carbocycles. The van der Waals surface area contributed by atoms with Gasteiger partial charge in [-0.25, -0.2) is 4.79 Å². The maximum Gasteiger partial charge on any atom is 0.322 e. The van der Waals surface area contributed by atoms with Gasteiger partial charge in [0, 0.05) is 60.1 Å². The standard InChI is InChI=1S/C32H40ClN5O5/c1-3-25-6-4-5-12-37(25)31(41)23-16-22(17-24(33)18-23)30(40)34-20-29(39)36-13-10-26(11-14-36)38-15-9-21-19-27(43-2)7-8-28(21)35-32(38)42/h7-8,16-19,25-26H,3-6,9-15,20H2,1-2H3,(H,34,40)(H,35,42). The number of urea groups is 1. The molecular weight excluding hydrogens is 570 g/mol. The number of nitrogens with one attached hydrogen (secondary N) is 2. The lowest BCUT2D eigenvalue weighted by molar-refractivity contribution is -0.131. The lowest BCUT2D eigenvalue weighted by Crippen LogP contribution is -2.51. The van der Waals surface area contributed by atoms with Crippen molar-refractivity contribution in [3.05, 3.63) is 58.1 Å². The number of anilines is 1. The third-order valence-electron chi connectivity index (χ3n) is 8.86. The number of methoxy groups -OCH3 is 1. The molecule has 3 heterocycles. The number of piperidine rings is 2. The minimum absolute atomic E-state index is 0.0180. The molecule has 2 N–H and O–H groups in total. The summed E-state index contributed by atoms with van der Waals surface area (Å²) < 4.78 is 5.32. The van der Waals surface area contributed by atoms with E-state index in [0.717, 1.165) is 42.7 Å². The number of hydrogen-bond donors (Lipinski definition) is 2. The quantitative estimate of drug-likeness (QED) is 0.478. The van der Waals surface area contributed by atoms with Crippen molar-refractivity contribution >= 4 is 41.0 Å². The Morgan fingerprint density at radius 3 is 2.51 bits per heavy atom. The van der Waals surface area contributed by atoms with Crippen molar-refractivity contribution in [2.45, 2.75) is 64.0 Å². The molecule has 0 spiro atoms. The molecule has 230 valence electrons. The molecule has 2 fully saturated rings. The van der Waals surface area contributed by atoms with Gasteiger partial charge in [-0.15, -0.1) is 0 Å². The number of amides is 5. The molecule has 0 aliphatic carbocycles. The van der Waals surface area contributed by atoms with Crippen LogP contribution < -0.4 is 15.4 Å². The van der Waals surface area contributed by atoms with Crippen LogP contribution in [0.3, 0.4) is 0 Å². The fourth-order valence-electron chi connectivity index (χ4n) is 6.40. The summed E-state index contributed by atoms with van der Waals surface area (Å²) in [7, 11) is 1.62. The first-order chi connectivity index (χ1) is 20.8. The normalized spacial score (nSPS) is 19.3. The fraction of sp³-hybridized carbons (Fsp3) is 0.500. The first-order valence-electron chi connectivity index (χ1n) is 15.2. The molecule has 3 aliphatic heterocycles. The highest BCUT2D eigenvalue weighted by atomic mass is 35.5. The molecule has 2 saturated heterocycles. The summed E-state index contributed by atoms with van der Waals surface area (Å²) in [5, 5.41) is 6.01. The van der Waals surface area contributed by atoms with E-state index in [1.165, 1.54) is 6.07 Å². The Hall–Kier alpha value is -3.79. The number of ether oxygens (including phenoxy) is 1. The highest BCUT2D eigenvalue weighted by Gasteiger charge is 2.32. The minimum atomic E-state index is -0.456. The summed E-state index contributed by atoms with van der Waals surface area (Å²) in [6, 6.07) is 10.4. The van der Waals surface area contributed by atoms with E-state index in [0.29, 0.717) is 56.0 Å². The average Bonchev–Trinajstić information content (AvgIpc) is 3.20. The lowest BCUT2D eigenvalue weighted by atomic mass is 9.98. The number of benzene rings is 2. The van der Waals surface area contributed by atoms with E-state index in [4.69, 9.17) is 16.3 Å². The van der Waals surface area contributed by atoms with Crippen LogP contribution in [0.4, 0.5) is 10.5 Å². The SMILES string of the molecule is CCC1CCCCN1C(=O)c1cc(Cl)cc(C(=O)NCC(=O)N2CCC(N3CCc4cc(OC)ccc4NC3=O)CC2)c1. The van der Waals surface area contributed by atoms with Crippen molar-refractivity contribution in [2.75, 3.05) is 45.2 Å². The van der Waals surface area contributed by atoms with Gasteiger partial charge in [-0.3, -0.25) is 14.4 Å². The van der Waals surface area contributed by atoms with Gasteiger partial charge in [-0.2, -0.15) is 0 Å². The van der Waals surface area contributed by atoms with Gasteiger partial charge in [-0.1, -0.05) is 18.5 Å². The number of carbonyl (C=O) groups excluding carboxylic acids is 4. The van der Waals surface area contributed by atoms with Crippen LogP contribution in [0, 0.1) is 0 Å². The molecule has 5 amide bonds. The van der Waals surface area contributed by atoms with Crippen LogP contribution in [0.15, 0.2) is 36.4 Å². The van der Waals surface area contributed by atoms with E-state index in [9.17, 15) is 19.2 Å². The summed E-state index contributed by atoms with van der Waals surface area (Å²) in [4.78, 5) is 57.7. The predicted octanol–water partition coefficient (Wildman–Crippen LogP) is 4.56. The first-order valence-corrected chi connectivity index (χ1v) is 15.6. The van der Waals surface area contributed by atoms with Crippen molar-refractivity contribution in [3.63, 3.8) is 0 Å². The highest BCUT2D eigenvalue weighted by molar-refractivity contribution is 6.31. The molecule has 0 bridgehead atoms. The Balaban J connectivity index is 1.13. The zero-order valence-corrected chi connectivity index (χ0v) is 25.6. The summed E-state index contributed by atoms with van der Waals surface area (Å²) in [6.07, 6.45) is 5.95. The van der Waals surface area contributed by atoms with Crippen LogP contribution in [-0.4, -0.2) is 90.4 Å². The van der Waals surface area contributed by atoms with Gasteiger partial charge in [0.25, 0.3) is 11.8 Å². The molecule has 0 radical (unpaired) electrons. The number of likely N-dealkylation sites (tertiary alicyclic amines) is 2. The van der Waals surface area contributed by atoms with Crippen molar-refractivity contribution in [2.24, 2.45) is 0 Å². The Morgan fingerprint density at radius 2 is 1.77 bits per heavy atom. The zero-order chi connectivity index (χ0) is 30.5. The summed E-state index contributed by atoms with van der Waals surface area (Å²) in [5.41, 5.74) is 2.46. The molecule has 1 unspecified atom stereocenters. The number of nitrogens with zero attached hydrogens (tertiary/aromatic N) is 3. The van der Waals surface area contributed by atoms with E-state index in [-0.39, 0.29) is 42.0 Å². The van der Waals surface area contributed by atoms with Crippen molar-refractivity contribution in [1.29, 1.82) is 0 Å². The first kappa shape index (κ1) is 30.7. The second kappa shape index (κ2) is 13.7. The second-order valence-electron chi connectivity index (χ2n) is 11.5. The zero-order valence-electron chi connectivity index (χ0n) is 24.9. The van der Waals surface area contributed by atoms with Crippen molar-refractivity contribution < 1.29 is 23.9 Å². The van der Waals surface area contributed by atoms with E-state index in [1.54, 1.807) is 24.1 Å². The topological polar surface area (TPSA) is 111 Å². The largest absolute Gasteiger partial charge is 0.497 e. The maximum atomic E-state index is 13.3. The smallest absolute Gasteiger partial charge is 0.322 e. The predicted molar refractivity (Wildman–Crippen MR) is 165 cm³/mol. The Bertz CT molecular complexity index is 1380. The van der Waals surface area contributed by atoms with Crippen LogP contribution in [0.1, 0.15) is 71.7 Å². The van der Waals surface area contributed by atoms with E-state index < -0.39 is 5.91 Å². The van der Waals surface area contributed by atoms with Crippen molar-refractivity contribution in [3.8, 4) is 5.75 Å². The molecular formula is C32H40ClN5O5. The number of fused-ring (bicyclic) bond motifs is 1. The summed E-state index contributed by atoms with van der Waals surface area (Å²) in [5.74, 6) is -0.0112. The molecule has 3 aliphatic rings. The third-order valence-corrected chi connectivity index (χ3v) is 9.08. The van der Waals surface area contributed by atoms with E-state index in [1.807, 2.05) is 28.0 Å². The number of halogens is 1. The minimum Gasteiger partial charge on any atom is -0.497 e. The number of hydrogen-bond acceptors (Lipinski definition) is 5. The van der Waals surface area contributed by atoms with Gasteiger partial charge in [0.2, 0.25) is 5.91 Å². The molecule has 0 aromatic heterocycles. The molecule has 10 nitrogen and oxygen atoms in total. The fourth-order valence-corrected chi connectivity index (χ4v) is 6.64.